The van der Waals surface area contributed by atoms with Crippen LogP contribution < -0.4 is 0 Å². The SMILES string of the molecule is CC(C)(C)S(=O)(=O)C[C@H](C1CC1)N1C(=O)[C@@](C)(CC(=O)O)O[C@H](c2cccc(Cl)c2)[C@H]1c1ccc(Cl)c(F)c1. The number of morpholine rings is 1. The van der Waals surface area contributed by atoms with E-state index in [1.165, 1.54) is 24.0 Å². The Morgan fingerprint density at radius 1 is 1.18 bits per heavy atom. The van der Waals surface area contributed by atoms with Crippen LogP contribution in [0.3, 0.4) is 0 Å². The molecule has 1 saturated carbocycles. The van der Waals surface area contributed by atoms with Gasteiger partial charge >= 0.3 is 5.97 Å². The predicted molar refractivity (Wildman–Crippen MR) is 147 cm³/mol. The molecule has 2 aliphatic rings. The first-order valence-electron chi connectivity index (χ1n) is 12.7. The lowest BCUT2D eigenvalue weighted by atomic mass is 9.85. The molecule has 4 atom stereocenters. The van der Waals surface area contributed by atoms with Gasteiger partial charge in [0.15, 0.2) is 15.4 Å². The largest absolute Gasteiger partial charge is 0.481 e. The van der Waals surface area contributed by atoms with Crippen LogP contribution in [0.1, 0.15) is 70.2 Å². The molecule has 0 aromatic heterocycles. The Kier molecular flexibility index (Phi) is 8.13. The average Bonchev–Trinajstić information content (AvgIpc) is 3.65. The standard InChI is InChI=1S/C28H32Cl2FNO6S/c1-27(2,3)39(36,37)15-22(16-8-9-16)32-24(17-10-11-20(30)21(31)13-17)25(18-6-5-7-19(29)12-18)38-28(4,26(32)35)14-23(33)34/h5-7,10-13,16,22,24-25H,8-9,14-15H2,1-4H3,(H,33,34)/t22-,24-,25-,28-/m1/s1. The maximum atomic E-state index is 14.8. The lowest BCUT2D eigenvalue weighted by Gasteiger charge is -2.52. The predicted octanol–water partition coefficient (Wildman–Crippen LogP) is 6.00. The Bertz CT molecular complexity index is 1390. The van der Waals surface area contributed by atoms with Crippen molar-refractivity contribution >= 4 is 44.9 Å². The zero-order valence-corrected chi connectivity index (χ0v) is 24.5. The molecule has 0 bridgehead atoms. The second-order valence-electron chi connectivity index (χ2n) is 11.5. The quantitative estimate of drug-likeness (QED) is 0.399. The molecule has 0 spiro atoms. The molecule has 2 aromatic carbocycles. The maximum Gasteiger partial charge on any atom is 0.306 e. The number of carbonyl (C=O) groups is 2. The number of sulfone groups is 1. The van der Waals surface area contributed by atoms with Crippen molar-refractivity contribution in [3.8, 4) is 0 Å². The van der Waals surface area contributed by atoms with E-state index in [2.05, 4.69) is 0 Å². The van der Waals surface area contributed by atoms with Crippen molar-refractivity contribution < 1.29 is 32.2 Å². The summed E-state index contributed by atoms with van der Waals surface area (Å²) in [5, 5.41) is 9.98. The molecular weight excluding hydrogens is 568 g/mol. The number of rotatable bonds is 8. The topological polar surface area (TPSA) is 101 Å². The number of hydrogen-bond acceptors (Lipinski definition) is 5. The minimum Gasteiger partial charge on any atom is -0.481 e. The number of carboxylic acids is 1. The molecule has 1 aliphatic heterocycles. The van der Waals surface area contributed by atoms with Gasteiger partial charge in [-0.25, -0.2) is 12.8 Å². The van der Waals surface area contributed by atoms with Crippen LogP contribution in [0.2, 0.25) is 10.0 Å². The summed E-state index contributed by atoms with van der Waals surface area (Å²) < 4.78 is 47.0. The summed E-state index contributed by atoms with van der Waals surface area (Å²) in [6, 6.07) is 9.09. The van der Waals surface area contributed by atoms with Gasteiger partial charge in [0.2, 0.25) is 0 Å². The fourth-order valence-electron chi connectivity index (χ4n) is 5.07. The molecule has 1 aliphatic carbocycles. The van der Waals surface area contributed by atoms with E-state index in [1.54, 1.807) is 51.1 Å². The fraction of sp³-hybridized carbons (Fsp3) is 0.500. The third-order valence-electron chi connectivity index (χ3n) is 7.46. The van der Waals surface area contributed by atoms with E-state index in [0.29, 0.717) is 29.0 Å². The maximum absolute atomic E-state index is 14.8. The summed E-state index contributed by atoms with van der Waals surface area (Å²) in [7, 11) is -3.71. The molecule has 1 saturated heterocycles. The number of ether oxygens (including phenoxy) is 1. The molecule has 11 heteroatoms. The molecule has 1 heterocycles. The highest BCUT2D eigenvalue weighted by molar-refractivity contribution is 7.92. The van der Waals surface area contributed by atoms with Gasteiger partial charge in [-0.05, 0) is 81.8 Å². The number of amides is 1. The van der Waals surface area contributed by atoms with E-state index in [-0.39, 0.29) is 16.7 Å². The molecule has 1 N–H and O–H groups in total. The lowest BCUT2D eigenvalue weighted by molar-refractivity contribution is -0.206. The first-order chi connectivity index (χ1) is 18.0. The smallest absolute Gasteiger partial charge is 0.306 e. The van der Waals surface area contributed by atoms with Crippen molar-refractivity contribution in [2.24, 2.45) is 5.92 Å². The first kappa shape index (κ1) is 29.8. The van der Waals surface area contributed by atoms with Crippen LogP contribution in [0.4, 0.5) is 4.39 Å². The van der Waals surface area contributed by atoms with E-state index < -0.39 is 62.5 Å². The van der Waals surface area contributed by atoms with Gasteiger partial charge in [0.05, 0.1) is 28.0 Å². The molecule has 0 radical (unpaired) electrons. The van der Waals surface area contributed by atoms with E-state index in [4.69, 9.17) is 27.9 Å². The van der Waals surface area contributed by atoms with Crippen LogP contribution in [-0.2, 0) is 24.2 Å². The molecule has 1 amide bonds. The lowest BCUT2D eigenvalue weighted by Crippen LogP contribution is -2.62. The van der Waals surface area contributed by atoms with Crippen LogP contribution in [0.5, 0.6) is 0 Å². The Morgan fingerprint density at radius 3 is 2.38 bits per heavy atom. The molecule has 7 nitrogen and oxygen atoms in total. The molecule has 39 heavy (non-hydrogen) atoms. The average molecular weight is 601 g/mol. The van der Waals surface area contributed by atoms with Crippen molar-refractivity contribution in [3.63, 3.8) is 0 Å². The number of carbonyl (C=O) groups excluding carboxylic acids is 1. The zero-order chi connectivity index (χ0) is 28.9. The highest BCUT2D eigenvalue weighted by Gasteiger charge is 2.56. The van der Waals surface area contributed by atoms with Gasteiger partial charge in [-0.3, -0.25) is 9.59 Å². The summed E-state index contributed by atoms with van der Waals surface area (Å²) >= 11 is 12.3. The molecule has 4 rings (SSSR count). The Hall–Kier alpha value is -2.20. The van der Waals surface area contributed by atoms with Crippen LogP contribution in [0, 0.1) is 11.7 Å². The zero-order valence-electron chi connectivity index (χ0n) is 22.2. The van der Waals surface area contributed by atoms with Crippen LogP contribution in [0.25, 0.3) is 0 Å². The number of aliphatic carboxylic acids is 1. The minimum atomic E-state index is -3.71. The van der Waals surface area contributed by atoms with Crippen molar-refractivity contribution in [1.82, 2.24) is 4.90 Å². The Balaban J connectivity index is 1.97. The van der Waals surface area contributed by atoms with Gasteiger partial charge < -0.3 is 14.7 Å². The minimum absolute atomic E-state index is 0.113. The number of halogens is 3. The van der Waals surface area contributed by atoms with Crippen molar-refractivity contribution in [2.45, 2.75) is 75.5 Å². The summed E-state index contributed by atoms with van der Waals surface area (Å²) in [6.07, 6.45) is -0.225. The molecule has 0 unspecified atom stereocenters. The van der Waals surface area contributed by atoms with Gasteiger partial charge in [-0.1, -0.05) is 41.4 Å². The Morgan fingerprint density at radius 2 is 1.85 bits per heavy atom. The van der Waals surface area contributed by atoms with E-state index >= 15 is 0 Å². The van der Waals surface area contributed by atoms with E-state index in [0.717, 1.165) is 0 Å². The Labute approximate surface area is 238 Å². The van der Waals surface area contributed by atoms with Crippen LogP contribution in [-0.4, -0.2) is 52.4 Å². The van der Waals surface area contributed by atoms with E-state index in [1.807, 2.05) is 0 Å². The number of carboxylic acid groups (broad SMARTS) is 1. The molecule has 212 valence electrons. The van der Waals surface area contributed by atoms with Gasteiger partial charge in [0.1, 0.15) is 11.9 Å². The third-order valence-corrected chi connectivity index (χ3v) is 10.6. The second-order valence-corrected chi connectivity index (χ2v) is 15.2. The summed E-state index contributed by atoms with van der Waals surface area (Å²) in [5.41, 5.74) is -0.949. The summed E-state index contributed by atoms with van der Waals surface area (Å²) in [5.74, 6) is -3.08. The molecular formula is C28H32Cl2FNO6S. The number of nitrogens with zero attached hydrogens (tertiary/aromatic N) is 1. The normalized spacial score (nSPS) is 25.0. The van der Waals surface area contributed by atoms with Crippen LogP contribution >= 0.6 is 23.2 Å². The van der Waals surface area contributed by atoms with Gasteiger partial charge in [-0.15, -0.1) is 0 Å². The third kappa shape index (κ3) is 6.11. The van der Waals surface area contributed by atoms with Crippen molar-refractivity contribution in [1.29, 1.82) is 0 Å². The number of hydrogen-bond donors (Lipinski definition) is 1. The van der Waals surface area contributed by atoms with Crippen molar-refractivity contribution in [2.75, 3.05) is 5.75 Å². The monoisotopic (exact) mass is 599 g/mol. The highest BCUT2D eigenvalue weighted by atomic mass is 35.5. The summed E-state index contributed by atoms with van der Waals surface area (Å²) in [6.45, 7) is 6.20. The summed E-state index contributed by atoms with van der Waals surface area (Å²) in [4.78, 5) is 27.6. The molecule has 2 fully saturated rings. The van der Waals surface area contributed by atoms with Gasteiger partial charge in [0, 0.05) is 11.1 Å². The van der Waals surface area contributed by atoms with Crippen LogP contribution in [0.15, 0.2) is 42.5 Å². The van der Waals surface area contributed by atoms with Gasteiger partial charge in [-0.2, -0.15) is 0 Å². The highest BCUT2D eigenvalue weighted by Crippen LogP contribution is 2.51. The number of benzene rings is 2. The first-order valence-corrected chi connectivity index (χ1v) is 15.1. The van der Waals surface area contributed by atoms with E-state index in [9.17, 15) is 27.5 Å². The van der Waals surface area contributed by atoms with Crippen molar-refractivity contribution in [3.05, 3.63) is 69.5 Å². The second kappa shape index (κ2) is 10.7. The fourth-order valence-corrected chi connectivity index (χ4v) is 6.77. The van der Waals surface area contributed by atoms with Gasteiger partial charge in [0.25, 0.3) is 5.91 Å². The molecule has 2 aromatic rings.